The second-order valence-corrected chi connectivity index (χ2v) is 14.3. The average Bonchev–Trinajstić information content (AvgIpc) is 3.18. The summed E-state index contributed by atoms with van der Waals surface area (Å²) in [6.07, 6.45) is 5.98. The third kappa shape index (κ3) is 6.77. The number of ether oxygens (including phenoxy) is 3. The van der Waals surface area contributed by atoms with E-state index in [0.29, 0.717) is 22.4 Å². The van der Waals surface area contributed by atoms with Crippen LogP contribution in [0.3, 0.4) is 0 Å². The molecule has 0 fully saturated rings. The van der Waals surface area contributed by atoms with Gasteiger partial charge in [-0.1, -0.05) is 12.1 Å². The fraction of sp³-hybridized carbons (Fsp3) is 0.423. The number of carbonyl (C=O) groups excluding carboxylic acids is 3. The molecule has 2 amide bonds. The van der Waals surface area contributed by atoms with E-state index in [1.54, 1.807) is 24.3 Å². The first-order chi connectivity index (χ1) is 17.4. The van der Waals surface area contributed by atoms with Crippen molar-refractivity contribution in [1.29, 1.82) is 0 Å². The van der Waals surface area contributed by atoms with Crippen molar-refractivity contribution in [3.8, 4) is 11.5 Å². The highest BCUT2D eigenvalue weighted by Crippen LogP contribution is 2.35. The molecule has 2 N–H and O–H groups in total. The van der Waals surface area contributed by atoms with Crippen molar-refractivity contribution in [3.05, 3.63) is 58.9 Å². The summed E-state index contributed by atoms with van der Waals surface area (Å²) in [7, 11) is 6.97. The van der Waals surface area contributed by atoms with E-state index in [0.717, 1.165) is 5.75 Å². The topological polar surface area (TPSA) is 108 Å². The molecule has 2 aromatic rings. The molecule has 2 radical (unpaired) electrons. The van der Waals surface area contributed by atoms with Crippen LogP contribution in [-0.2, 0) is 27.5 Å². The lowest BCUT2D eigenvalue weighted by molar-refractivity contribution is -0.143. The number of fused-ring (bicyclic) bond motifs is 1. The molecule has 0 spiro atoms. The van der Waals surface area contributed by atoms with Gasteiger partial charge in [-0.15, -0.1) is 0 Å². The fourth-order valence-electron chi connectivity index (χ4n) is 3.90. The summed E-state index contributed by atoms with van der Waals surface area (Å²) >= 11 is 0. The van der Waals surface area contributed by atoms with Gasteiger partial charge in [-0.05, 0) is 54.5 Å². The summed E-state index contributed by atoms with van der Waals surface area (Å²) in [5.74, 6) is -1.38. The summed E-state index contributed by atoms with van der Waals surface area (Å²) in [4.78, 5) is 39.1. The van der Waals surface area contributed by atoms with E-state index in [9.17, 15) is 18.8 Å². The second-order valence-electron chi connectivity index (χ2n) is 9.72. The number of nitrogens with zero attached hydrogens (tertiary/aromatic N) is 1. The van der Waals surface area contributed by atoms with E-state index >= 15 is 0 Å². The lowest BCUT2D eigenvalue weighted by Gasteiger charge is -2.36. The predicted octanol–water partition coefficient (Wildman–Crippen LogP) is 2.74. The van der Waals surface area contributed by atoms with Crippen molar-refractivity contribution in [2.24, 2.45) is 5.73 Å². The lowest BCUT2D eigenvalue weighted by atomic mass is 9.72. The van der Waals surface area contributed by atoms with Crippen LogP contribution in [0.15, 0.2) is 36.4 Å². The Hall–Kier alpha value is -3.21. The molecule has 0 saturated heterocycles. The van der Waals surface area contributed by atoms with Gasteiger partial charge >= 0.3 is 5.97 Å². The largest absolute Gasteiger partial charge is 0.497 e. The number of hydrogen-bond donors (Lipinski definition) is 1. The van der Waals surface area contributed by atoms with Crippen LogP contribution >= 0.6 is 10.0 Å². The number of nitrogens with two attached hydrogens (primary N) is 1. The summed E-state index contributed by atoms with van der Waals surface area (Å²) < 4.78 is 30.2. The van der Waals surface area contributed by atoms with Crippen LogP contribution in [0.25, 0.3) is 0 Å². The van der Waals surface area contributed by atoms with Gasteiger partial charge < -0.3 is 24.8 Å². The third-order valence-corrected chi connectivity index (χ3v) is 7.56. The number of rotatable bonds is 12. The van der Waals surface area contributed by atoms with Crippen molar-refractivity contribution >= 4 is 35.7 Å². The molecule has 0 bridgehead atoms. The van der Waals surface area contributed by atoms with Gasteiger partial charge in [-0.2, -0.15) is 0 Å². The zero-order valence-electron chi connectivity index (χ0n) is 21.5. The monoisotopic (exact) mass is 530 g/mol. The smallest absolute Gasteiger partial charge is 0.305 e. The number of benzene rings is 2. The van der Waals surface area contributed by atoms with E-state index in [1.165, 1.54) is 24.1 Å². The fourth-order valence-corrected chi connectivity index (χ4v) is 4.48. The summed E-state index contributed by atoms with van der Waals surface area (Å²) in [5.41, 5.74) is 5.27. The second kappa shape index (κ2) is 11.5. The van der Waals surface area contributed by atoms with Crippen molar-refractivity contribution in [2.75, 3.05) is 38.2 Å². The van der Waals surface area contributed by atoms with Crippen molar-refractivity contribution in [2.45, 2.75) is 31.4 Å². The first kappa shape index (κ1) is 28.4. The Morgan fingerprint density at radius 1 is 1.22 bits per heavy atom. The SMILES string of the molecule is [B]C(CCC(=O)OCCS(C)(C)C)(C(N)=O)N1Cc2c(COc3ccc(OC)cc3F)cccc2C1=O. The number of esters is 1. The van der Waals surface area contributed by atoms with Crippen LogP contribution in [0, 0.1) is 5.82 Å². The molecule has 1 aliphatic rings. The highest BCUT2D eigenvalue weighted by atomic mass is 32.3. The van der Waals surface area contributed by atoms with Crippen LogP contribution in [0.5, 0.6) is 11.5 Å². The van der Waals surface area contributed by atoms with Crippen molar-refractivity contribution in [1.82, 2.24) is 4.90 Å². The molecule has 198 valence electrons. The number of primary amides is 1. The first-order valence-electron chi connectivity index (χ1n) is 11.6. The molecule has 2 aromatic carbocycles. The minimum absolute atomic E-state index is 0.0132. The van der Waals surface area contributed by atoms with E-state index < -0.39 is 39.1 Å². The first-order valence-corrected chi connectivity index (χ1v) is 14.7. The molecule has 11 heteroatoms. The third-order valence-electron chi connectivity index (χ3n) is 6.16. The Bertz CT molecular complexity index is 1190. The molecule has 37 heavy (non-hydrogen) atoms. The van der Waals surface area contributed by atoms with Crippen LogP contribution in [0.1, 0.15) is 34.3 Å². The molecular weight excluding hydrogens is 498 g/mol. The Balaban J connectivity index is 1.72. The Labute approximate surface area is 219 Å². The minimum atomic E-state index is -1.90. The Morgan fingerprint density at radius 2 is 1.95 bits per heavy atom. The van der Waals surface area contributed by atoms with Gasteiger partial charge in [0.15, 0.2) is 11.6 Å². The lowest BCUT2D eigenvalue weighted by Crippen LogP contribution is -2.58. The van der Waals surface area contributed by atoms with Gasteiger partial charge in [0.05, 0.1) is 19.2 Å². The highest BCUT2D eigenvalue weighted by molar-refractivity contribution is 8.32. The Morgan fingerprint density at radius 3 is 2.57 bits per heavy atom. The standard InChI is InChI=1S/C26H32BFN2O6S/c1-34-18-8-9-22(21(28)14-18)36-16-17-6-5-7-19-20(17)15-30(24(19)32)26(27,25(29)33)11-10-23(31)35-12-13-37(2,3)4/h5-9,14H,10-13,15-16H2,1-4H3,(H2,29,33). The van der Waals surface area contributed by atoms with E-state index in [2.05, 4.69) is 18.8 Å². The van der Waals surface area contributed by atoms with Crippen LogP contribution in [0.4, 0.5) is 4.39 Å². The van der Waals surface area contributed by atoms with Crippen molar-refractivity contribution < 1.29 is 33.0 Å². The maximum Gasteiger partial charge on any atom is 0.305 e. The number of methoxy groups -OCH3 is 1. The minimum Gasteiger partial charge on any atom is -0.497 e. The van der Waals surface area contributed by atoms with Crippen LogP contribution < -0.4 is 15.2 Å². The summed E-state index contributed by atoms with van der Waals surface area (Å²) in [5, 5.41) is 0. The van der Waals surface area contributed by atoms with Crippen molar-refractivity contribution in [3.63, 3.8) is 0 Å². The Kier molecular flexibility index (Phi) is 8.78. The molecular formula is C26H32BFN2O6S. The maximum atomic E-state index is 14.3. The summed E-state index contributed by atoms with van der Waals surface area (Å²) in [6.45, 7) is 0.239. The molecule has 1 heterocycles. The predicted molar refractivity (Wildman–Crippen MR) is 142 cm³/mol. The number of hydrogen-bond acceptors (Lipinski definition) is 6. The maximum absolute atomic E-state index is 14.3. The zero-order valence-corrected chi connectivity index (χ0v) is 22.4. The van der Waals surface area contributed by atoms with Gasteiger partial charge in [0.1, 0.15) is 20.2 Å². The van der Waals surface area contributed by atoms with Crippen LogP contribution in [-0.4, -0.2) is 74.2 Å². The molecule has 1 unspecified atom stereocenters. The number of halogens is 1. The van der Waals surface area contributed by atoms with Gasteiger partial charge in [-0.25, -0.2) is 14.4 Å². The highest BCUT2D eigenvalue weighted by Gasteiger charge is 2.44. The normalized spacial score (nSPS) is 15.1. The van der Waals surface area contributed by atoms with E-state index in [4.69, 9.17) is 27.8 Å². The van der Waals surface area contributed by atoms with Gasteiger partial charge in [0.25, 0.3) is 5.91 Å². The van der Waals surface area contributed by atoms with Gasteiger partial charge in [0, 0.05) is 30.3 Å². The van der Waals surface area contributed by atoms with Gasteiger partial charge in [-0.3, -0.25) is 14.4 Å². The molecule has 0 aromatic heterocycles. The molecule has 8 nitrogen and oxygen atoms in total. The number of carbonyl (C=O) groups is 3. The zero-order chi connectivity index (χ0) is 27.4. The van der Waals surface area contributed by atoms with Crippen LogP contribution in [0.2, 0.25) is 0 Å². The van der Waals surface area contributed by atoms with E-state index in [-0.39, 0.29) is 38.3 Å². The van der Waals surface area contributed by atoms with Gasteiger partial charge in [0.2, 0.25) is 5.91 Å². The molecule has 0 saturated carbocycles. The summed E-state index contributed by atoms with van der Waals surface area (Å²) in [6, 6.07) is 9.26. The molecule has 0 aliphatic carbocycles. The number of amides is 2. The molecule has 1 aliphatic heterocycles. The van der Waals surface area contributed by atoms with E-state index in [1.807, 2.05) is 0 Å². The quantitative estimate of drug-likeness (QED) is 0.334. The average molecular weight is 530 g/mol. The molecule has 3 rings (SSSR count). The molecule has 1 atom stereocenters.